The summed E-state index contributed by atoms with van der Waals surface area (Å²) in [5.41, 5.74) is -1.21. The fourth-order valence-electron chi connectivity index (χ4n) is 2.31. The molecular weight excluding hydrogens is 294 g/mol. The van der Waals surface area contributed by atoms with Crippen LogP contribution in [0.15, 0.2) is 54.6 Å². The van der Waals surface area contributed by atoms with Crippen molar-refractivity contribution in [2.75, 3.05) is 7.05 Å². The fourth-order valence-corrected chi connectivity index (χ4v) is 2.31. The van der Waals surface area contributed by atoms with Gasteiger partial charge in [0.05, 0.1) is 0 Å². The van der Waals surface area contributed by atoms with E-state index in [1.165, 1.54) is 30.3 Å². The smallest absolute Gasteiger partial charge is 0.313 e. The Kier molecular flexibility index (Phi) is 4.56. The van der Waals surface area contributed by atoms with E-state index in [1.54, 1.807) is 20.0 Å². The zero-order chi connectivity index (χ0) is 16.4. The van der Waals surface area contributed by atoms with E-state index >= 15 is 0 Å². The van der Waals surface area contributed by atoms with E-state index < -0.39 is 29.0 Å². The van der Waals surface area contributed by atoms with Crippen LogP contribution in [0.25, 0.3) is 0 Å². The Balaban J connectivity index is 2.55. The number of rotatable bonds is 5. The maximum absolute atomic E-state index is 14.6. The molecule has 0 aromatic heterocycles. The fraction of sp³-hybridized carbons (Fsp3) is 0.294. The molecule has 2 aromatic rings. The van der Waals surface area contributed by atoms with Crippen LogP contribution in [0, 0.1) is 0 Å². The highest BCUT2D eigenvalue weighted by Crippen LogP contribution is 2.50. The molecule has 0 aliphatic heterocycles. The zero-order valence-electron chi connectivity index (χ0n) is 12.3. The molecule has 1 nitrogen and oxygen atoms in total. The lowest BCUT2D eigenvalue weighted by atomic mass is 9.90. The van der Waals surface area contributed by atoms with Gasteiger partial charge in [0.2, 0.25) is 0 Å². The molecule has 1 atom stereocenters. The summed E-state index contributed by atoms with van der Waals surface area (Å²) in [7, 11) is 1.59. The molecule has 5 heteroatoms. The van der Waals surface area contributed by atoms with E-state index in [-0.39, 0.29) is 5.56 Å². The Morgan fingerprint density at radius 3 is 1.95 bits per heavy atom. The number of benzene rings is 2. The van der Waals surface area contributed by atoms with Gasteiger partial charge >= 0.3 is 11.8 Å². The van der Waals surface area contributed by atoms with Crippen LogP contribution >= 0.6 is 0 Å². The molecule has 0 bridgehead atoms. The van der Waals surface area contributed by atoms with Crippen molar-refractivity contribution in [1.82, 2.24) is 5.32 Å². The topological polar surface area (TPSA) is 12.0 Å². The van der Waals surface area contributed by atoms with Crippen molar-refractivity contribution < 1.29 is 17.6 Å². The zero-order valence-corrected chi connectivity index (χ0v) is 12.3. The first-order valence-electron chi connectivity index (χ1n) is 6.90. The van der Waals surface area contributed by atoms with Gasteiger partial charge in [0, 0.05) is 17.2 Å². The molecule has 2 rings (SSSR count). The van der Waals surface area contributed by atoms with Gasteiger partial charge in [-0.15, -0.1) is 0 Å². The second-order valence-electron chi connectivity index (χ2n) is 5.11. The predicted molar refractivity (Wildman–Crippen MR) is 78.1 cm³/mol. The third-order valence-electron chi connectivity index (χ3n) is 3.73. The van der Waals surface area contributed by atoms with Gasteiger partial charge in [-0.05, 0) is 19.5 Å². The molecule has 0 heterocycles. The number of hydrogen-bond donors (Lipinski definition) is 1. The van der Waals surface area contributed by atoms with E-state index in [4.69, 9.17) is 0 Å². The lowest BCUT2D eigenvalue weighted by Gasteiger charge is -2.30. The highest BCUT2D eigenvalue weighted by molar-refractivity contribution is 5.37. The van der Waals surface area contributed by atoms with E-state index in [1.807, 2.05) is 0 Å². The molecule has 0 spiro atoms. The van der Waals surface area contributed by atoms with Gasteiger partial charge in [-0.1, -0.05) is 54.6 Å². The first-order chi connectivity index (χ1) is 10.3. The van der Waals surface area contributed by atoms with Crippen LogP contribution in [0.5, 0.6) is 0 Å². The first-order valence-corrected chi connectivity index (χ1v) is 6.90. The minimum Gasteiger partial charge on any atom is -0.313 e. The summed E-state index contributed by atoms with van der Waals surface area (Å²) in [6, 6.07) is 11.1. The minimum absolute atomic E-state index is 0.158. The van der Waals surface area contributed by atoms with Crippen molar-refractivity contribution >= 4 is 0 Å². The van der Waals surface area contributed by atoms with Crippen LogP contribution in [0.1, 0.15) is 29.7 Å². The first kappa shape index (κ1) is 16.5. The highest BCUT2D eigenvalue weighted by Gasteiger charge is 2.59. The third kappa shape index (κ3) is 2.73. The van der Waals surface area contributed by atoms with Gasteiger partial charge in [0.25, 0.3) is 0 Å². The summed E-state index contributed by atoms with van der Waals surface area (Å²) >= 11 is 0. The third-order valence-corrected chi connectivity index (χ3v) is 3.73. The second-order valence-corrected chi connectivity index (χ2v) is 5.11. The summed E-state index contributed by atoms with van der Waals surface area (Å²) in [6.07, 6.45) is 0. The van der Waals surface area contributed by atoms with E-state index in [0.29, 0.717) is 0 Å². The second kappa shape index (κ2) is 6.08. The monoisotopic (exact) mass is 311 g/mol. The van der Waals surface area contributed by atoms with Crippen molar-refractivity contribution in [3.05, 3.63) is 71.3 Å². The lowest BCUT2D eigenvalue weighted by molar-refractivity contribution is -0.224. The summed E-state index contributed by atoms with van der Waals surface area (Å²) in [5.74, 6) is -8.60. The minimum atomic E-state index is -4.31. The molecule has 118 valence electrons. The lowest BCUT2D eigenvalue weighted by Crippen LogP contribution is -2.37. The van der Waals surface area contributed by atoms with Crippen molar-refractivity contribution in [2.45, 2.75) is 24.8 Å². The van der Waals surface area contributed by atoms with Crippen LogP contribution in [-0.4, -0.2) is 7.05 Å². The van der Waals surface area contributed by atoms with Crippen LogP contribution in [0.4, 0.5) is 17.6 Å². The molecule has 0 saturated carbocycles. The van der Waals surface area contributed by atoms with Crippen LogP contribution in [-0.2, 0) is 11.8 Å². The van der Waals surface area contributed by atoms with Crippen molar-refractivity contribution in [3.63, 3.8) is 0 Å². The Morgan fingerprint density at radius 1 is 0.818 bits per heavy atom. The Labute approximate surface area is 127 Å². The molecule has 0 amide bonds. The molecular formula is C17H17F4N. The average Bonchev–Trinajstić information content (AvgIpc) is 2.54. The van der Waals surface area contributed by atoms with Gasteiger partial charge in [-0.2, -0.15) is 17.6 Å². The SMILES string of the molecule is CN[C@H](C)c1ccccc1C(F)(F)C(F)(F)c1ccccc1. The molecule has 22 heavy (non-hydrogen) atoms. The summed E-state index contributed by atoms with van der Waals surface area (Å²) in [5, 5.41) is 2.81. The van der Waals surface area contributed by atoms with Crippen LogP contribution in [0.2, 0.25) is 0 Å². The number of hydrogen-bond acceptors (Lipinski definition) is 1. The van der Waals surface area contributed by atoms with Crippen molar-refractivity contribution in [2.24, 2.45) is 0 Å². The van der Waals surface area contributed by atoms with Gasteiger partial charge < -0.3 is 5.32 Å². The molecule has 0 aliphatic rings. The quantitative estimate of drug-likeness (QED) is 0.778. The van der Waals surface area contributed by atoms with E-state index in [9.17, 15) is 17.6 Å². The van der Waals surface area contributed by atoms with Gasteiger partial charge in [0.15, 0.2) is 0 Å². The van der Waals surface area contributed by atoms with E-state index in [0.717, 1.165) is 18.2 Å². The molecule has 0 fully saturated rings. The number of halogens is 4. The summed E-state index contributed by atoms with van der Waals surface area (Å²) in [6.45, 7) is 1.65. The highest BCUT2D eigenvalue weighted by atomic mass is 19.3. The van der Waals surface area contributed by atoms with Gasteiger partial charge in [-0.25, -0.2) is 0 Å². The maximum Gasteiger partial charge on any atom is 0.340 e. The van der Waals surface area contributed by atoms with Crippen LogP contribution in [0.3, 0.4) is 0 Å². The maximum atomic E-state index is 14.6. The summed E-state index contributed by atoms with van der Waals surface area (Å²) < 4.78 is 58.0. The standard InChI is InChI=1S/C17H17F4N/c1-12(22-2)14-10-6-7-11-15(14)17(20,21)16(18,19)13-8-4-3-5-9-13/h3-12,22H,1-2H3/t12-/m1/s1. The Hall–Kier alpha value is -1.88. The predicted octanol–water partition coefficient (Wildman–Crippen LogP) is 4.85. The Morgan fingerprint density at radius 2 is 1.36 bits per heavy atom. The molecule has 0 saturated heterocycles. The normalized spacial score (nSPS) is 13.9. The summed E-state index contributed by atoms with van der Waals surface area (Å²) in [4.78, 5) is 0. The largest absolute Gasteiger partial charge is 0.340 e. The van der Waals surface area contributed by atoms with Crippen molar-refractivity contribution in [1.29, 1.82) is 0 Å². The molecule has 0 unspecified atom stereocenters. The van der Waals surface area contributed by atoms with Gasteiger partial charge in [-0.3, -0.25) is 0 Å². The van der Waals surface area contributed by atoms with Crippen LogP contribution < -0.4 is 5.32 Å². The molecule has 1 N–H and O–H groups in total. The van der Waals surface area contributed by atoms with Crippen molar-refractivity contribution in [3.8, 4) is 0 Å². The average molecular weight is 311 g/mol. The Bertz CT molecular complexity index is 626. The number of nitrogens with one attached hydrogen (secondary N) is 1. The molecule has 0 aliphatic carbocycles. The van der Waals surface area contributed by atoms with E-state index in [2.05, 4.69) is 5.32 Å². The van der Waals surface area contributed by atoms with Gasteiger partial charge in [0.1, 0.15) is 0 Å². The number of alkyl halides is 4. The molecule has 2 aromatic carbocycles. The molecule has 0 radical (unpaired) electrons.